The summed E-state index contributed by atoms with van der Waals surface area (Å²) in [5.41, 5.74) is 0.0227. The van der Waals surface area contributed by atoms with Gasteiger partial charge < -0.3 is 15.3 Å². The summed E-state index contributed by atoms with van der Waals surface area (Å²) in [5, 5.41) is 13.6. The van der Waals surface area contributed by atoms with E-state index in [4.69, 9.17) is 11.6 Å². The van der Waals surface area contributed by atoms with Crippen LogP contribution in [0.2, 0.25) is 5.02 Å². The summed E-state index contributed by atoms with van der Waals surface area (Å²) in [5.74, 6) is -0.856. The highest BCUT2D eigenvalue weighted by Gasteiger charge is 2.42. The molecule has 2 amide bonds. The van der Waals surface area contributed by atoms with Crippen LogP contribution < -0.4 is 5.32 Å². The number of hydrogen-bond donors (Lipinski definition) is 2. The van der Waals surface area contributed by atoms with E-state index >= 15 is 0 Å². The number of carboxylic acids is 1. The molecule has 0 saturated carbocycles. The number of amides is 2. The largest absolute Gasteiger partial charge is 0.481 e. The first-order chi connectivity index (χ1) is 11.4. The molecule has 6 nitrogen and oxygen atoms in total. The normalized spacial score (nSPS) is 20.5. The third-order valence-electron chi connectivity index (χ3n) is 4.29. The van der Waals surface area contributed by atoms with E-state index in [1.807, 2.05) is 18.2 Å². The zero-order chi connectivity index (χ0) is 17.3. The van der Waals surface area contributed by atoms with Crippen LogP contribution in [0.5, 0.6) is 0 Å². The predicted octanol–water partition coefficient (Wildman–Crippen LogP) is 3.00. The number of halogens is 1. The molecule has 0 aliphatic carbocycles. The number of rotatable bonds is 4. The van der Waals surface area contributed by atoms with E-state index in [0.717, 1.165) is 15.2 Å². The number of thiazole rings is 1. The van der Waals surface area contributed by atoms with Crippen LogP contribution in [0.4, 0.5) is 4.79 Å². The second kappa shape index (κ2) is 6.57. The first-order valence-electron chi connectivity index (χ1n) is 7.68. The molecule has 1 aromatic carbocycles. The minimum Gasteiger partial charge on any atom is -0.481 e. The molecule has 1 saturated heterocycles. The Balaban J connectivity index is 1.52. The Morgan fingerprint density at radius 1 is 1.50 bits per heavy atom. The van der Waals surface area contributed by atoms with Gasteiger partial charge in [-0.15, -0.1) is 11.3 Å². The van der Waals surface area contributed by atoms with Crippen molar-refractivity contribution in [2.24, 2.45) is 5.41 Å². The summed E-state index contributed by atoms with van der Waals surface area (Å²) in [6.45, 7) is 2.85. The Kier molecular flexibility index (Phi) is 4.64. The number of urea groups is 1. The molecule has 1 unspecified atom stereocenters. The molecule has 1 fully saturated rings. The van der Waals surface area contributed by atoms with Crippen molar-refractivity contribution < 1.29 is 14.7 Å². The smallest absolute Gasteiger partial charge is 0.317 e. The number of aromatic nitrogens is 1. The van der Waals surface area contributed by atoms with Gasteiger partial charge in [0.15, 0.2) is 0 Å². The van der Waals surface area contributed by atoms with Crippen LogP contribution in [0.25, 0.3) is 10.2 Å². The van der Waals surface area contributed by atoms with Crippen LogP contribution in [-0.4, -0.2) is 46.6 Å². The number of aliphatic carboxylic acids is 1. The molecule has 2 heterocycles. The number of carbonyl (C=O) groups is 2. The van der Waals surface area contributed by atoms with Crippen molar-refractivity contribution in [2.45, 2.75) is 19.8 Å². The van der Waals surface area contributed by atoms with Crippen molar-refractivity contribution in [1.82, 2.24) is 15.2 Å². The van der Waals surface area contributed by atoms with E-state index in [2.05, 4.69) is 10.3 Å². The second-order valence-electron chi connectivity index (χ2n) is 6.24. The molecule has 1 aromatic heterocycles. The summed E-state index contributed by atoms with van der Waals surface area (Å²) in [4.78, 5) is 29.4. The van der Waals surface area contributed by atoms with Crippen LogP contribution in [0.15, 0.2) is 18.2 Å². The molecule has 24 heavy (non-hydrogen) atoms. The van der Waals surface area contributed by atoms with E-state index in [1.54, 1.807) is 23.2 Å². The number of benzene rings is 1. The van der Waals surface area contributed by atoms with Crippen molar-refractivity contribution in [1.29, 1.82) is 0 Å². The van der Waals surface area contributed by atoms with Gasteiger partial charge in [0.25, 0.3) is 0 Å². The zero-order valence-corrected chi connectivity index (χ0v) is 14.8. The van der Waals surface area contributed by atoms with Crippen LogP contribution in [-0.2, 0) is 11.2 Å². The van der Waals surface area contributed by atoms with Gasteiger partial charge in [0.2, 0.25) is 0 Å². The minimum absolute atomic E-state index is 0.218. The number of carbonyl (C=O) groups excluding carboxylic acids is 1. The summed E-state index contributed by atoms with van der Waals surface area (Å²) in [6.07, 6.45) is 1.11. The number of hydrogen-bond acceptors (Lipinski definition) is 4. The number of carboxylic acid groups (broad SMARTS) is 1. The topological polar surface area (TPSA) is 82.5 Å². The highest BCUT2D eigenvalue weighted by atomic mass is 35.5. The van der Waals surface area contributed by atoms with E-state index < -0.39 is 11.4 Å². The monoisotopic (exact) mass is 367 g/mol. The quantitative estimate of drug-likeness (QED) is 0.870. The number of likely N-dealkylation sites (tertiary alicyclic amines) is 1. The van der Waals surface area contributed by atoms with Gasteiger partial charge in [-0.3, -0.25) is 4.79 Å². The van der Waals surface area contributed by atoms with E-state index in [-0.39, 0.29) is 12.6 Å². The maximum absolute atomic E-state index is 12.2. The molecule has 0 radical (unpaired) electrons. The molecular weight excluding hydrogens is 350 g/mol. The molecule has 3 rings (SSSR count). The molecule has 0 bridgehead atoms. The Labute approximate surface area is 148 Å². The lowest BCUT2D eigenvalue weighted by Crippen LogP contribution is -2.41. The molecule has 1 aliphatic heterocycles. The fourth-order valence-electron chi connectivity index (χ4n) is 2.75. The van der Waals surface area contributed by atoms with Gasteiger partial charge in [-0.1, -0.05) is 11.6 Å². The number of nitrogens with one attached hydrogen (secondary N) is 1. The van der Waals surface area contributed by atoms with Crippen LogP contribution >= 0.6 is 22.9 Å². The maximum Gasteiger partial charge on any atom is 0.317 e. The average Bonchev–Trinajstić information content (AvgIpc) is 3.11. The Morgan fingerprint density at radius 2 is 2.29 bits per heavy atom. The van der Waals surface area contributed by atoms with Crippen molar-refractivity contribution in [3.8, 4) is 0 Å². The molecule has 1 atom stereocenters. The molecule has 128 valence electrons. The van der Waals surface area contributed by atoms with Crippen LogP contribution in [0, 0.1) is 5.41 Å². The minimum atomic E-state index is -0.856. The summed E-state index contributed by atoms with van der Waals surface area (Å²) < 4.78 is 1.07. The Bertz CT molecular complexity index is 794. The summed E-state index contributed by atoms with van der Waals surface area (Å²) in [6, 6.07) is 5.38. The molecule has 0 spiro atoms. The van der Waals surface area contributed by atoms with Gasteiger partial charge in [0, 0.05) is 31.1 Å². The highest BCUT2D eigenvalue weighted by Crippen LogP contribution is 2.30. The van der Waals surface area contributed by atoms with Gasteiger partial charge in [-0.2, -0.15) is 0 Å². The fourth-order valence-corrected chi connectivity index (χ4v) is 3.87. The molecule has 8 heteroatoms. The SMILES string of the molecule is CC1(C(=O)O)CCN(C(=O)NCCc2nc3cc(Cl)ccc3s2)C1. The van der Waals surface area contributed by atoms with Crippen LogP contribution in [0.1, 0.15) is 18.4 Å². The van der Waals surface area contributed by atoms with Crippen molar-refractivity contribution in [3.05, 3.63) is 28.2 Å². The molecule has 2 N–H and O–H groups in total. The van der Waals surface area contributed by atoms with Crippen molar-refractivity contribution in [2.75, 3.05) is 19.6 Å². The highest BCUT2D eigenvalue weighted by molar-refractivity contribution is 7.18. The lowest BCUT2D eigenvalue weighted by molar-refractivity contribution is -0.146. The predicted molar refractivity (Wildman–Crippen MR) is 93.7 cm³/mol. The van der Waals surface area contributed by atoms with Crippen molar-refractivity contribution in [3.63, 3.8) is 0 Å². The van der Waals surface area contributed by atoms with Gasteiger partial charge in [0.05, 0.1) is 20.6 Å². The van der Waals surface area contributed by atoms with Gasteiger partial charge in [-0.05, 0) is 31.5 Å². The van der Waals surface area contributed by atoms with Gasteiger partial charge in [-0.25, -0.2) is 9.78 Å². The molecular formula is C16H18ClN3O3S. The van der Waals surface area contributed by atoms with Crippen LogP contribution in [0.3, 0.4) is 0 Å². The summed E-state index contributed by atoms with van der Waals surface area (Å²) in [7, 11) is 0. The molecule has 2 aromatic rings. The third kappa shape index (κ3) is 3.47. The zero-order valence-electron chi connectivity index (χ0n) is 13.2. The lowest BCUT2D eigenvalue weighted by atomic mass is 9.90. The first kappa shape index (κ1) is 17.0. The third-order valence-corrected chi connectivity index (χ3v) is 5.62. The first-order valence-corrected chi connectivity index (χ1v) is 8.88. The Hall–Kier alpha value is -1.86. The van der Waals surface area contributed by atoms with Gasteiger partial charge >= 0.3 is 12.0 Å². The standard InChI is InChI=1S/C16H18ClN3O3S/c1-16(14(21)22)5-7-20(9-16)15(23)18-6-4-13-19-11-8-10(17)2-3-12(11)24-13/h2-3,8H,4-7,9H2,1H3,(H,18,23)(H,21,22). The summed E-state index contributed by atoms with van der Waals surface area (Å²) >= 11 is 7.53. The van der Waals surface area contributed by atoms with E-state index in [0.29, 0.717) is 31.0 Å². The van der Waals surface area contributed by atoms with E-state index in [1.165, 1.54) is 0 Å². The number of nitrogens with zero attached hydrogens (tertiary/aromatic N) is 2. The average molecular weight is 368 g/mol. The second-order valence-corrected chi connectivity index (χ2v) is 7.79. The van der Waals surface area contributed by atoms with Gasteiger partial charge in [0.1, 0.15) is 0 Å². The lowest BCUT2D eigenvalue weighted by Gasteiger charge is -2.20. The van der Waals surface area contributed by atoms with E-state index in [9.17, 15) is 14.7 Å². The van der Waals surface area contributed by atoms with Crippen molar-refractivity contribution >= 4 is 45.2 Å². The Morgan fingerprint density at radius 3 is 3.00 bits per heavy atom. The molecule has 1 aliphatic rings. The maximum atomic E-state index is 12.2. The fraction of sp³-hybridized carbons (Fsp3) is 0.438. The number of fused-ring (bicyclic) bond motifs is 1.